The van der Waals surface area contributed by atoms with Crippen LogP contribution in [0.2, 0.25) is 0 Å². The first-order chi connectivity index (χ1) is 11.9. The van der Waals surface area contributed by atoms with Crippen LogP contribution in [0.25, 0.3) is 0 Å². The Hall–Kier alpha value is -1.44. The van der Waals surface area contributed by atoms with Gasteiger partial charge in [-0.05, 0) is 32.3 Å². The number of carbonyl (C=O) groups is 1. The molecule has 3 rings (SSSR count). The molecule has 0 saturated carbocycles. The maximum absolute atomic E-state index is 12.9. The zero-order chi connectivity index (χ0) is 18.0. The van der Waals surface area contributed by atoms with Gasteiger partial charge in [0.15, 0.2) is 0 Å². The molecule has 2 aliphatic rings. The summed E-state index contributed by atoms with van der Waals surface area (Å²) in [5.41, 5.74) is 2.23. The van der Waals surface area contributed by atoms with Crippen molar-refractivity contribution in [2.24, 2.45) is 0 Å². The van der Waals surface area contributed by atoms with E-state index in [2.05, 4.69) is 6.07 Å². The highest BCUT2D eigenvalue weighted by atomic mass is 32.2. The molecule has 0 radical (unpaired) electrons. The summed E-state index contributed by atoms with van der Waals surface area (Å²) in [4.78, 5) is 14.5. The van der Waals surface area contributed by atoms with E-state index in [0.717, 1.165) is 30.4 Å². The molecule has 1 atom stereocenters. The molecular formula is C18H27N3O3S. The second-order valence-corrected chi connectivity index (χ2v) is 8.88. The van der Waals surface area contributed by atoms with Crippen molar-refractivity contribution >= 4 is 16.1 Å². The Morgan fingerprint density at radius 3 is 2.48 bits per heavy atom. The van der Waals surface area contributed by atoms with Gasteiger partial charge in [0.25, 0.3) is 10.2 Å². The quantitative estimate of drug-likeness (QED) is 0.817. The summed E-state index contributed by atoms with van der Waals surface area (Å²) in [6, 6.07) is 7.43. The summed E-state index contributed by atoms with van der Waals surface area (Å²) in [6.45, 7) is 6.17. The third-order valence-corrected chi connectivity index (χ3v) is 7.19. The lowest BCUT2D eigenvalue weighted by molar-refractivity contribution is -0.139. The van der Waals surface area contributed by atoms with Gasteiger partial charge in [-0.15, -0.1) is 0 Å². The lowest BCUT2D eigenvalue weighted by atomic mass is 10.1. The molecule has 2 saturated heterocycles. The normalized spacial score (nSPS) is 23.8. The molecule has 0 unspecified atom stereocenters. The molecule has 25 heavy (non-hydrogen) atoms. The number of aryl methyl sites for hydroxylation is 1. The van der Waals surface area contributed by atoms with E-state index in [1.54, 1.807) is 11.8 Å². The maximum atomic E-state index is 12.9. The number of piperidine rings is 1. The van der Waals surface area contributed by atoms with Gasteiger partial charge in [-0.1, -0.05) is 36.2 Å². The van der Waals surface area contributed by atoms with Crippen molar-refractivity contribution in [1.29, 1.82) is 0 Å². The largest absolute Gasteiger partial charge is 0.336 e. The maximum Gasteiger partial charge on any atom is 0.282 e. The van der Waals surface area contributed by atoms with Gasteiger partial charge >= 0.3 is 0 Å². The van der Waals surface area contributed by atoms with Crippen LogP contribution in [0, 0.1) is 6.92 Å². The van der Waals surface area contributed by atoms with Crippen LogP contribution in [0.15, 0.2) is 24.3 Å². The Bertz CT molecular complexity index is 729. The molecule has 7 heteroatoms. The molecular weight excluding hydrogens is 338 g/mol. The van der Waals surface area contributed by atoms with Crippen LogP contribution in [0.4, 0.5) is 0 Å². The highest BCUT2D eigenvalue weighted by Gasteiger charge is 2.41. The van der Waals surface area contributed by atoms with Crippen molar-refractivity contribution in [3.8, 4) is 0 Å². The van der Waals surface area contributed by atoms with Crippen molar-refractivity contribution in [3.05, 3.63) is 35.4 Å². The molecule has 1 aromatic rings. The Balaban J connectivity index is 1.70. The van der Waals surface area contributed by atoms with Crippen LogP contribution < -0.4 is 0 Å². The third kappa shape index (κ3) is 3.88. The first-order valence-electron chi connectivity index (χ1n) is 9.01. The zero-order valence-corrected chi connectivity index (χ0v) is 15.8. The number of nitrogens with zero attached hydrogens (tertiary/aromatic N) is 3. The number of piperazine rings is 1. The first-order valence-corrected chi connectivity index (χ1v) is 10.4. The van der Waals surface area contributed by atoms with Crippen molar-refractivity contribution in [2.45, 2.75) is 45.7 Å². The number of hydrogen-bond acceptors (Lipinski definition) is 3. The lowest BCUT2D eigenvalue weighted by Crippen LogP contribution is -2.60. The minimum atomic E-state index is -3.55. The van der Waals surface area contributed by atoms with E-state index < -0.39 is 16.3 Å². The molecule has 1 aromatic carbocycles. The standard InChI is InChI=1S/C18H27N3O3S/c1-15-7-6-8-17(13-15)14-19-11-12-21(16(2)18(19)22)25(23,24)20-9-4-3-5-10-20/h6-8,13,16H,3-5,9-12,14H2,1-2H3/t16-/m0/s1. The molecule has 6 nitrogen and oxygen atoms in total. The molecule has 2 heterocycles. The van der Waals surface area contributed by atoms with E-state index in [9.17, 15) is 13.2 Å². The first kappa shape index (κ1) is 18.4. The summed E-state index contributed by atoms with van der Waals surface area (Å²) >= 11 is 0. The average molecular weight is 365 g/mol. The minimum Gasteiger partial charge on any atom is -0.336 e. The van der Waals surface area contributed by atoms with Gasteiger partial charge in [-0.25, -0.2) is 0 Å². The van der Waals surface area contributed by atoms with Crippen LogP contribution >= 0.6 is 0 Å². The Labute approximate surface area is 150 Å². The van der Waals surface area contributed by atoms with Crippen molar-refractivity contribution < 1.29 is 13.2 Å². The Morgan fingerprint density at radius 2 is 1.80 bits per heavy atom. The van der Waals surface area contributed by atoms with E-state index in [0.29, 0.717) is 32.7 Å². The van der Waals surface area contributed by atoms with Gasteiger partial charge in [-0.2, -0.15) is 17.0 Å². The topological polar surface area (TPSA) is 60.9 Å². The second kappa shape index (κ2) is 7.43. The predicted octanol–water partition coefficient (Wildman–Crippen LogP) is 1.76. The molecule has 0 aromatic heterocycles. The number of amides is 1. The third-order valence-electron chi connectivity index (χ3n) is 5.08. The average Bonchev–Trinajstić information content (AvgIpc) is 2.60. The summed E-state index contributed by atoms with van der Waals surface area (Å²) in [5, 5.41) is 0. The molecule has 138 valence electrons. The predicted molar refractivity (Wildman–Crippen MR) is 97.1 cm³/mol. The van der Waals surface area contributed by atoms with Gasteiger partial charge in [-0.3, -0.25) is 4.79 Å². The molecule has 0 N–H and O–H groups in total. The van der Waals surface area contributed by atoms with Gasteiger partial charge in [0.05, 0.1) is 0 Å². The molecule has 0 spiro atoms. The lowest BCUT2D eigenvalue weighted by Gasteiger charge is -2.41. The van der Waals surface area contributed by atoms with Crippen LogP contribution in [-0.4, -0.2) is 60.1 Å². The van der Waals surface area contributed by atoms with E-state index in [-0.39, 0.29) is 5.91 Å². The fourth-order valence-electron chi connectivity index (χ4n) is 3.66. The van der Waals surface area contributed by atoms with Crippen LogP contribution in [0.1, 0.15) is 37.3 Å². The van der Waals surface area contributed by atoms with Crippen molar-refractivity contribution in [1.82, 2.24) is 13.5 Å². The SMILES string of the molecule is Cc1cccc(CN2CCN(S(=O)(=O)N3CCCCC3)[C@@H](C)C2=O)c1. The van der Waals surface area contributed by atoms with E-state index in [1.165, 1.54) is 8.61 Å². The molecule has 1 amide bonds. The van der Waals surface area contributed by atoms with Gasteiger partial charge < -0.3 is 4.90 Å². The fraction of sp³-hybridized carbons (Fsp3) is 0.611. The Kier molecular flexibility index (Phi) is 5.46. The monoisotopic (exact) mass is 365 g/mol. The number of carbonyl (C=O) groups excluding carboxylic acids is 1. The fourth-order valence-corrected chi connectivity index (χ4v) is 5.48. The van der Waals surface area contributed by atoms with Crippen molar-refractivity contribution in [2.75, 3.05) is 26.2 Å². The molecule has 2 fully saturated rings. The van der Waals surface area contributed by atoms with E-state index >= 15 is 0 Å². The number of benzene rings is 1. The van der Waals surface area contributed by atoms with E-state index in [4.69, 9.17) is 0 Å². The van der Waals surface area contributed by atoms with Gasteiger partial charge in [0, 0.05) is 32.7 Å². The van der Waals surface area contributed by atoms with Crippen LogP contribution in [0.5, 0.6) is 0 Å². The van der Waals surface area contributed by atoms with E-state index in [1.807, 2.05) is 25.1 Å². The summed E-state index contributed by atoms with van der Waals surface area (Å²) in [6.07, 6.45) is 2.87. The molecule has 0 aliphatic carbocycles. The van der Waals surface area contributed by atoms with Gasteiger partial charge in [0.2, 0.25) is 5.91 Å². The molecule has 0 bridgehead atoms. The number of rotatable bonds is 4. The molecule has 2 aliphatic heterocycles. The van der Waals surface area contributed by atoms with Gasteiger partial charge in [0.1, 0.15) is 6.04 Å². The summed E-state index contributed by atoms with van der Waals surface area (Å²) in [7, 11) is -3.55. The van der Waals surface area contributed by atoms with Crippen LogP contribution in [-0.2, 0) is 21.5 Å². The minimum absolute atomic E-state index is 0.117. The summed E-state index contributed by atoms with van der Waals surface area (Å²) in [5.74, 6) is -0.117. The highest BCUT2D eigenvalue weighted by molar-refractivity contribution is 7.86. The zero-order valence-electron chi connectivity index (χ0n) is 15.0. The Morgan fingerprint density at radius 1 is 1.08 bits per heavy atom. The highest BCUT2D eigenvalue weighted by Crippen LogP contribution is 2.23. The van der Waals surface area contributed by atoms with Crippen molar-refractivity contribution in [3.63, 3.8) is 0 Å². The second-order valence-electron chi connectivity index (χ2n) is 7.00. The van der Waals surface area contributed by atoms with Crippen LogP contribution in [0.3, 0.4) is 0 Å². The smallest absolute Gasteiger partial charge is 0.282 e. The number of hydrogen-bond donors (Lipinski definition) is 0. The summed E-state index contributed by atoms with van der Waals surface area (Å²) < 4.78 is 28.7.